The van der Waals surface area contributed by atoms with Crippen LogP contribution in [0.5, 0.6) is 0 Å². The van der Waals surface area contributed by atoms with Gasteiger partial charge in [0.25, 0.3) is 0 Å². The Bertz CT molecular complexity index is 78.0. The van der Waals surface area contributed by atoms with E-state index < -0.39 is 9.28 Å². The van der Waals surface area contributed by atoms with E-state index in [1.807, 2.05) is 6.92 Å². The minimum absolute atomic E-state index is 0.0142. The van der Waals surface area contributed by atoms with Crippen LogP contribution in [0.3, 0.4) is 0 Å². The molecule has 5 heteroatoms. The van der Waals surface area contributed by atoms with Gasteiger partial charge in [0.05, 0.1) is 6.17 Å². The summed E-state index contributed by atoms with van der Waals surface area (Å²) >= 11 is 0. The van der Waals surface area contributed by atoms with Crippen molar-refractivity contribution >= 4 is 9.28 Å². The average molecular weight is 164 g/mol. The minimum atomic E-state index is -1.44. The summed E-state index contributed by atoms with van der Waals surface area (Å²) in [6.45, 7) is 1.89. The quantitative estimate of drug-likeness (QED) is 0.401. The molecule has 0 rings (SSSR count). The van der Waals surface area contributed by atoms with Crippen LogP contribution in [0, 0.1) is 0 Å². The molecule has 0 fully saturated rings. The van der Waals surface area contributed by atoms with E-state index in [-0.39, 0.29) is 6.17 Å². The fraction of sp³-hybridized carbons (Fsp3) is 1.00. The lowest BCUT2D eigenvalue weighted by atomic mass is 10.6. The maximum absolute atomic E-state index is 5.45. The second-order valence-corrected chi connectivity index (χ2v) is 4.31. The Morgan fingerprint density at radius 3 is 2.30 bits per heavy atom. The van der Waals surface area contributed by atoms with Crippen molar-refractivity contribution in [2.45, 2.75) is 13.1 Å². The summed E-state index contributed by atoms with van der Waals surface area (Å²) in [7, 11) is 1.87. The van der Waals surface area contributed by atoms with Gasteiger partial charge in [0.2, 0.25) is 0 Å². The highest BCUT2D eigenvalue weighted by molar-refractivity contribution is 6.44. The maximum Gasteiger partial charge on any atom is 0.335 e. The van der Waals surface area contributed by atoms with E-state index in [1.165, 1.54) is 0 Å². The monoisotopic (exact) mass is 164 g/mol. The molecule has 0 aliphatic rings. The normalized spacial score (nSPS) is 14.1. The van der Waals surface area contributed by atoms with Crippen molar-refractivity contribution in [2.75, 3.05) is 20.4 Å². The standard InChI is InChI=1S/C5H16N2O2Si/c1-5(6)7-4-10(8-2)9-3/h5,7,10H,4,6H2,1-3H3. The molecule has 3 N–H and O–H groups in total. The first-order valence-corrected chi connectivity index (χ1v) is 5.01. The van der Waals surface area contributed by atoms with Gasteiger partial charge in [0.15, 0.2) is 0 Å². The fourth-order valence-corrected chi connectivity index (χ4v) is 1.64. The van der Waals surface area contributed by atoms with Crippen LogP contribution >= 0.6 is 0 Å². The Morgan fingerprint density at radius 2 is 2.00 bits per heavy atom. The molecule has 0 aromatic heterocycles. The van der Waals surface area contributed by atoms with Crippen LogP contribution in [-0.2, 0) is 8.85 Å². The molecule has 0 aromatic carbocycles. The molecule has 1 unspecified atom stereocenters. The van der Waals surface area contributed by atoms with E-state index in [4.69, 9.17) is 14.6 Å². The third kappa shape index (κ3) is 4.89. The third-order valence-corrected chi connectivity index (χ3v) is 2.75. The SMILES string of the molecule is CO[SiH](CNC(C)N)OC. The second kappa shape index (κ2) is 5.81. The van der Waals surface area contributed by atoms with E-state index in [0.29, 0.717) is 0 Å². The van der Waals surface area contributed by atoms with Crippen LogP contribution < -0.4 is 11.1 Å². The lowest BCUT2D eigenvalue weighted by Crippen LogP contribution is -2.42. The number of nitrogens with two attached hydrogens (primary N) is 1. The zero-order chi connectivity index (χ0) is 7.98. The Kier molecular flexibility index (Phi) is 5.85. The molecule has 1 atom stereocenters. The molecule has 0 aromatic rings. The number of hydrogen-bond acceptors (Lipinski definition) is 4. The molecule has 0 radical (unpaired) electrons. The first-order chi connectivity index (χ1) is 4.70. The third-order valence-electron chi connectivity index (χ3n) is 1.13. The van der Waals surface area contributed by atoms with Gasteiger partial charge in [0, 0.05) is 20.4 Å². The average Bonchev–Trinajstić information content (AvgIpc) is 1.90. The molecule has 0 aliphatic carbocycles. The highest BCUT2D eigenvalue weighted by atomic mass is 28.3. The number of hydrogen-bond donors (Lipinski definition) is 2. The molecule has 62 valence electrons. The second-order valence-electron chi connectivity index (χ2n) is 2.10. The number of rotatable bonds is 5. The van der Waals surface area contributed by atoms with Crippen LogP contribution in [-0.4, -0.2) is 35.8 Å². The molecule has 0 bridgehead atoms. The van der Waals surface area contributed by atoms with Gasteiger partial charge in [-0.15, -0.1) is 0 Å². The van der Waals surface area contributed by atoms with E-state index in [2.05, 4.69) is 5.32 Å². The Balaban J connectivity index is 3.26. The van der Waals surface area contributed by atoms with Gasteiger partial charge in [-0.2, -0.15) is 0 Å². The van der Waals surface area contributed by atoms with Crippen LogP contribution in [0.2, 0.25) is 0 Å². The lowest BCUT2D eigenvalue weighted by molar-refractivity contribution is 0.273. The molecule has 0 aliphatic heterocycles. The van der Waals surface area contributed by atoms with Gasteiger partial charge in [-0.3, -0.25) is 0 Å². The molecule has 0 saturated heterocycles. The summed E-state index contributed by atoms with van der Waals surface area (Å²) in [5.74, 6) is 0. The van der Waals surface area contributed by atoms with E-state index in [1.54, 1.807) is 14.2 Å². The van der Waals surface area contributed by atoms with E-state index >= 15 is 0 Å². The first-order valence-electron chi connectivity index (χ1n) is 3.25. The first kappa shape index (κ1) is 10.1. The summed E-state index contributed by atoms with van der Waals surface area (Å²) in [5, 5.41) is 3.04. The van der Waals surface area contributed by atoms with Crippen molar-refractivity contribution in [1.82, 2.24) is 5.32 Å². The van der Waals surface area contributed by atoms with Crippen molar-refractivity contribution in [3.63, 3.8) is 0 Å². The highest BCUT2D eigenvalue weighted by Crippen LogP contribution is 1.81. The van der Waals surface area contributed by atoms with Gasteiger partial charge >= 0.3 is 9.28 Å². The van der Waals surface area contributed by atoms with Crippen LogP contribution in [0.1, 0.15) is 6.92 Å². The summed E-state index contributed by atoms with van der Waals surface area (Å²) in [6, 6.07) is 0. The highest BCUT2D eigenvalue weighted by Gasteiger charge is 2.08. The van der Waals surface area contributed by atoms with Crippen LogP contribution in [0.15, 0.2) is 0 Å². The summed E-state index contributed by atoms with van der Waals surface area (Å²) in [4.78, 5) is 0. The minimum Gasteiger partial charge on any atom is -0.399 e. The predicted octanol–water partition coefficient (Wildman–Crippen LogP) is -1.07. The van der Waals surface area contributed by atoms with Crippen molar-refractivity contribution in [2.24, 2.45) is 5.73 Å². The fourth-order valence-electron chi connectivity index (χ4n) is 0.545. The van der Waals surface area contributed by atoms with Crippen molar-refractivity contribution < 1.29 is 8.85 Å². The largest absolute Gasteiger partial charge is 0.399 e. The summed E-state index contributed by atoms with van der Waals surface area (Å²) in [6.07, 6.45) is 0.769. The number of nitrogens with one attached hydrogen (secondary N) is 1. The van der Waals surface area contributed by atoms with Crippen molar-refractivity contribution in [1.29, 1.82) is 0 Å². The molecule has 0 heterocycles. The van der Waals surface area contributed by atoms with Crippen LogP contribution in [0.25, 0.3) is 0 Å². The van der Waals surface area contributed by atoms with Crippen molar-refractivity contribution in [3.05, 3.63) is 0 Å². The predicted molar refractivity (Wildman–Crippen MR) is 42.8 cm³/mol. The van der Waals surface area contributed by atoms with E-state index in [9.17, 15) is 0 Å². The maximum atomic E-state index is 5.45. The molecule has 0 saturated carbocycles. The smallest absolute Gasteiger partial charge is 0.335 e. The zero-order valence-electron chi connectivity index (χ0n) is 6.76. The van der Waals surface area contributed by atoms with Gasteiger partial charge in [-0.25, -0.2) is 0 Å². The molecular formula is C5H16N2O2Si. The molecular weight excluding hydrogens is 148 g/mol. The van der Waals surface area contributed by atoms with Gasteiger partial charge in [-0.1, -0.05) is 0 Å². The topological polar surface area (TPSA) is 56.5 Å². The summed E-state index contributed by atoms with van der Waals surface area (Å²) in [5.41, 5.74) is 5.45. The Hall–Kier alpha value is 0.0569. The van der Waals surface area contributed by atoms with Gasteiger partial charge in [0.1, 0.15) is 0 Å². The Morgan fingerprint density at radius 1 is 1.50 bits per heavy atom. The van der Waals surface area contributed by atoms with Crippen molar-refractivity contribution in [3.8, 4) is 0 Å². The van der Waals surface area contributed by atoms with Crippen LogP contribution in [0.4, 0.5) is 0 Å². The Labute approximate surface area is 63.5 Å². The zero-order valence-corrected chi connectivity index (χ0v) is 7.91. The van der Waals surface area contributed by atoms with E-state index in [0.717, 1.165) is 6.17 Å². The lowest BCUT2D eigenvalue weighted by Gasteiger charge is -2.13. The molecule has 4 nitrogen and oxygen atoms in total. The molecule has 10 heavy (non-hydrogen) atoms. The van der Waals surface area contributed by atoms with Gasteiger partial charge in [-0.05, 0) is 6.92 Å². The molecule has 0 amide bonds. The summed E-state index contributed by atoms with van der Waals surface area (Å²) < 4.78 is 10.1. The van der Waals surface area contributed by atoms with Gasteiger partial charge < -0.3 is 19.9 Å². The molecule has 0 spiro atoms.